The van der Waals surface area contributed by atoms with Crippen LogP contribution in [0.5, 0.6) is 0 Å². The van der Waals surface area contributed by atoms with Crippen LogP contribution in [0.1, 0.15) is 29.8 Å². The summed E-state index contributed by atoms with van der Waals surface area (Å²) >= 11 is 0. The number of halogens is 1. The number of rotatable bonds is 4. The van der Waals surface area contributed by atoms with Crippen molar-refractivity contribution in [2.24, 2.45) is 0 Å². The van der Waals surface area contributed by atoms with Crippen LogP contribution in [0.2, 0.25) is 0 Å². The molecule has 2 aromatic rings. The minimum atomic E-state index is -0.426. The molecule has 0 bridgehead atoms. The fourth-order valence-electron chi connectivity index (χ4n) is 2.23. The number of carbonyl (C=O) groups excluding carboxylic acids is 1. The number of nitrogens with one attached hydrogen (secondary N) is 2. The maximum atomic E-state index is 13.9. The van der Waals surface area contributed by atoms with E-state index >= 15 is 0 Å². The van der Waals surface area contributed by atoms with E-state index in [4.69, 9.17) is 4.74 Å². The third kappa shape index (κ3) is 2.43. The van der Waals surface area contributed by atoms with E-state index < -0.39 is 5.97 Å². The van der Waals surface area contributed by atoms with E-state index in [2.05, 4.69) is 10.3 Å². The first-order valence-electron chi connectivity index (χ1n) is 6.64. The van der Waals surface area contributed by atoms with E-state index in [1.54, 1.807) is 13.0 Å². The van der Waals surface area contributed by atoms with Crippen LogP contribution in [0.25, 0.3) is 10.9 Å². The lowest BCUT2D eigenvalue weighted by molar-refractivity contribution is -0.346. The lowest BCUT2D eigenvalue weighted by Gasteiger charge is -2.11. The number of esters is 1. The van der Waals surface area contributed by atoms with Crippen molar-refractivity contribution in [2.75, 3.05) is 18.5 Å². The number of pyridine rings is 1. The van der Waals surface area contributed by atoms with Gasteiger partial charge >= 0.3 is 5.97 Å². The molecule has 2 N–H and O–H groups in total. The zero-order valence-corrected chi connectivity index (χ0v) is 11.8. The second-order valence-corrected chi connectivity index (χ2v) is 4.44. The standard InChI is InChI=1S/C15H17FN2O2/c1-4-17-13-10(15(19)20-5-2)8-18-14-11(16)7-6-9(3)12(13)14/h6-8H,4-5H2,1-3H3,(H,17,18)/p+1. The van der Waals surface area contributed by atoms with Crippen LogP contribution in [0.3, 0.4) is 0 Å². The Balaban J connectivity index is 2.74. The molecule has 1 heterocycles. The Bertz CT molecular complexity index is 656. The molecule has 0 aliphatic rings. The summed E-state index contributed by atoms with van der Waals surface area (Å²) in [6.07, 6.45) is 1.49. The van der Waals surface area contributed by atoms with Crippen molar-refractivity contribution in [1.82, 2.24) is 0 Å². The van der Waals surface area contributed by atoms with Gasteiger partial charge in [-0.25, -0.2) is 9.78 Å². The van der Waals surface area contributed by atoms with Crippen molar-refractivity contribution in [3.8, 4) is 0 Å². The van der Waals surface area contributed by atoms with Crippen LogP contribution in [0.4, 0.5) is 10.1 Å². The Morgan fingerprint density at radius 3 is 2.80 bits per heavy atom. The van der Waals surface area contributed by atoms with Gasteiger partial charge in [-0.15, -0.1) is 0 Å². The van der Waals surface area contributed by atoms with Crippen LogP contribution in [-0.4, -0.2) is 19.1 Å². The van der Waals surface area contributed by atoms with Gasteiger partial charge in [0, 0.05) is 6.54 Å². The summed E-state index contributed by atoms with van der Waals surface area (Å²) in [6.45, 7) is 6.48. The molecule has 1 aromatic heterocycles. The lowest BCUT2D eigenvalue weighted by Crippen LogP contribution is -2.17. The molecule has 0 saturated heterocycles. The predicted octanol–water partition coefficient (Wildman–Crippen LogP) is 2.71. The number of anilines is 1. The molecule has 0 radical (unpaired) electrons. The molecule has 1 aromatic carbocycles. The fourth-order valence-corrected chi connectivity index (χ4v) is 2.23. The molecule has 5 heteroatoms. The topological polar surface area (TPSA) is 52.5 Å². The van der Waals surface area contributed by atoms with E-state index in [-0.39, 0.29) is 5.82 Å². The first kappa shape index (κ1) is 14.2. The van der Waals surface area contributed by atoms with Crippen molar-refractivity contribution in [3.63, 3.8) is 0 Å². The van der Waals surface area contributed by atoms with Crippen molar-refractivity contribution >= 4 is 22.6 Å². The molecule has 106 valence electrons. The highest BCUT2D eigenvalue weighted by Crippen LogP contribution is 2.29. The lowest BCUT2D eigenvalue weighted by atomic mass is 10.0. The van der Waals surface area contributed by atoms with Crippen LogP contribution in [-0.2, 0) is 4.74 Å². The Kier molecular flexibility index (Phi) is 4.17. The van der Waals surface area contributed by atoms with E-state index in [1.165, 1.54) is 12.3 Å². The van der Waals surface area contributed by atoms with Gasteiger partial charge in [-0.3, -0.25) is 0 Å². The summed E-state index contributed by atoms with van der Waals surface area (Å²) in [7, 11) is 0. The molecule has 20 heavy (non-hydrogen) atoms. The quantitative estimate of drug-likeness (QED) is 0.874. The molecule has 0 amide bonds. The molecule has 2 rings (SSSR count). The molecule has 0 aliphatic carbocycles. The molecule has 0 atom stereocenters. The highest BCUT2D eigenvalue weighted by molar-refractivity contribution is 6.04. The number of hydrogen-bond acceptors (Lipinski definition) is 3. The molecule has 0 unspecified atom stereocenters. The minimum absolute atomic E-state index is 0.296. The van der Waals surface area contributed by atoms with Gasteiger partial charge in [-0.05, 0) is 32.4 Å². The van der Waals surface area contributed by atoms with Gasteiger partial charge in [0.05, 0.1) is 17.7 Å². The SMILES string of the molecule is CCNc1c(C(=O)OCC)c[nH+]c2c(F)ccc(C)c12. The Morgan fingerprint density at radius 1 is 1.40 bits per heavy atom. The molecule has 0 aliphatic heterocycles. The Hall–Kier alpha value is -2.17. The van der Waals surface area contributed by atoms with Crippen molar-refractivity contribution in [2.45, 2.75) is 20.8 Å². The summed E-state index contributed by atoms with van der Waals surface area (Å²) in [4.78, 5) is 14.9. The van der Waals surface area contributed by atoms with Gasteiger partial charge in [0.15, 0.2) is 12.0 Å². The number of fused-ring (bicyclic) bond motifs is 1. The van der Waals surface area contributed by atoms with E-state index in [0.29, 0.717) is 35.3 Å². The average molecular weight is 277 g/mol. The predicted molar refractivity (Wildman–Crippen MR) is 75.3 cm³/mol. The first-order chi connectivity index (χ1) is 9.60. The average Bonchev–Trinajstić information content (AvgIpc) is 2.43. The first-order valence-corrected chi connectivity index (χ1v) is 6.64. The van der Waals surface area contributed by atoms with Crippen LogP contribution in [0, 0.1) is 12.7 Å². The number of benzene rings is 1. The molecule has 0 fully saturated rings. The summed E-state index contributed by atoms with van der Waals surface area (Å²) < 4.78 is 18.9. The van der Waals surface area contributed by atoms with Gasteiger partial charge < -0.3 is 10.1 Å². The monoisotopic (exact) mass is 277 g/mol. The smallest absolute Gasteiger partial charge is 0.346 e. The maximum Gasteiger partial charge on any atom is 0.346 e. The zero-order valence-electron chi connectivity index (χ0n) is 11.8. The fraction of sp³-hybridized carbons (Fsp3) is 0.333. The highest BCUT2D eigenvalue weighted by Gasteiger charge is 2.22. The van der Waals surface area contributed by atoms with E-state index in [1.807, 2.05) is 13.8 Å². The molecular formula is C15H18FN2O2+. The Labute approximate surface area is 117 Å². The molecular weight excluding hydrogens is 259 g/mol. The van der Waals surface area contributed by atoms with E-state index in [0.717, 1.165) is 5.56 Å². The number of carbonyl (C=O) groups is 1. The maximum absolute atomic E-state index is 13.9. The second kappa shape index (κ2) is 5.86. The normalized spacial score (nSPS) is 10.6. The van der Waals surface area contributed by atoms with Gasteiger partial charge in [0.25, 0.3) is 0 Å². The third-order valence-electron chi connectivity index (χ3n) is 3.09. The Morgan fingerprint density at radius 2 is 2.15 bits per heavy atom. The second-order valence-electron chi connectivity index (χ2n) is 4.44. The van der Waals surface area contributed by atoms with Crippen molar-refractivity contribution in [3.05, 3.63) is 35.3 Å². The van der Waals surface area contributed by atoms with Gasteiger partial charge in [-0.2, -0.15) is 4.39 Å². The van der Waals surface area contributed by atoms with Gasteiger partial charge in [-0.1, -0.05) is 6.07 Å². The van der Waals surface area contributed by atoms with Crippen molar-refractivity contribution in [1.29, 1.82) is 0 Å². The van der Waals surface area contributed by atoms with Gasteiger partial charge in [0.2, 0.25) is 5.52 Å². The van der Waals surface area contributed by atoms with Crippen LogP contribution < -0.4 is 10.3 Å². The van der Waals surface area contributed by atoms with Crippen LogP contribution >= 0.6 is 0 Å². The summed E-state index contributed by atoms with van der Waals surface area (Å²) in [5.41, 5.74) is 2.26. The number of H-pyrrole nitrogens is 1. The number of aromatic amines is 1. The van der Waals surface area contributed by atoms with Crippen LogP contribution in [0.15, 0.2) is 18.3 Å². The summed E-state index contributed by atoms with van der Waals surface area (Å²) in [5, 5.41) is 3.82. The number of aromatic nitrogens is 1. The number of ether oxygens (including phenoxy) is 1. The van der Waals surface area contributed by atoms with E-state index in [9.17, 15) is 9.18 Å². The third-order valence-corrected chi connectivity index (χ3v) is 3.09. The summed E-state index contributed by atoms with van der Waals surface area (Å²) in [5.74, 6) is -0.773. The zero-order chi connectivity index (χ0) is 14.7. The minimum Gasteiger partial charge on any atom is -0.462 e. The van der Waals surface area contributed by atoms with Gasteiger partial charge in [0.1, 0.15) is 5.56 Å². The molecule has 0 saturated carbocycles. The summed E-state index contributed by atoms with van der Waals surface area (Å²) in [6, 6.07) is 3.11. The molecule has 4 nitrogen and oxygen atoms in total. The highest BCUT2D eigenvalue weighted by atomic mass is 19.1. The number of hydrogen-bond donors (Lipinski definition) is 1. The largest absolute Gasteiger partial charge is 0.462 e. The number of aryl methyl sites for hydroxylation is 1. The van der Waals surface area contributed by atoms with Crippen molar-refractivity contribution < 1.29 is 18.9 Å². The molecule has 0 spiro atoms.